The van der Waals surface area contributed by atoms with Crippen LogP contribution in [0, 0.1) is 11.8 Å². The SMILES string of the molecule is CCCCCC[C@H](O)/C=C/C(=O)O[C@@H]1[C@@H](C)[C@H](O)[C@@](C)(O)[C@H](O)[C@@H](C)C(=O)OC1(C)C. The molecule has 4 N–H and O–H groups in total. The van der Waals surface area contributed by atoms with Gasteiger partial charge in [0.2, 0.25) is 0 Å². The summed E-state index contributed by atoms with van der Waals surface area (Å²) in [7, 11) is 0. The Morgan fingerprint density at radius 1 is 1.16 bits per heavy atom. The first-order valence-corrected chi connectivity index (χ1v) is 11.1. The van der Waals surface area contributed by atoms with Crippen molar-refractivity contribution in [3.8, 4) is 0 Å². The summed E-state index contributed by atoms with van der Waals surface area (Å²) in [4.78, 5) is 24.9. The maximum Gasteiger partial charge on any atom is 0.330 e. The van der Waals surface area contributed by atoms with Crippen molar-refractivity contribution in [1.82, 2.24) is 0 Å². The molecule has 0 aliphatic carbocycles. The van der Waals surface area contributed by atoms with Gasteiger partial charge in [0, 0.05) is 12.0 Å². The normalized spacial score (nSPS) is 35.0. The van der Waals surface area contributed by atoms with Crippen LogP contribution < -0.4 is 0 Å². The highest BCUT2D eigenvalue weighted by atomic mass is 16.6. The van der Waals surface area contributed by atoms with Crippen LogP contribution in [0.15, 0.2) is 12.2 Å². The smallest absolute Gasteiger partial charge is 0.330 e. The van der Waals surface area contributed by atoms with Gasteiger partial charge in [-0.3, -0.25) is 4.79 Å². The van der Waals surface area contributed by atoms with E-state index in [9.17, 15) is 30.0 Å². The van der Waals surface area contributed by atoms with Crippen LogP contribution in [0.2, 0.25) is 0 Å². The molecule has 1 heterocycles. The monoisotopic (exact) mass is 444 g/mol. The lowest BCUT2D eigenvalue weighted by Gasteiger charge is -2.41. The Labute approximate surface area is 185 Å². The van der Waals surface area contributed by atoms with Gasteiger partial charge in [0.1, 0.15) is 17.3 Å². The van der Waals surface area contributed by atoms with Gasteiger partial charge in [-0.05, 0) is 40.2 Å². The number of hydrogen-bond acceptors (Lipinski definition) is 8. The molecule has 31 heavy (non-hydrogen) atoms. The van der Waals surface area contributed by atoms with Gasteiger partial charge in [0.25, 0.3) is 0 Å². The number of rotatable bonds is 8. The summed E-state index contributed by atoms with van der Waals surface area (Å²) >= 11 is 0. The summed E-state index contributed by atoms with van der Waals surface area (Å²) in [5.74, 6) is -3.53. The second kappa shape index (κ2) is 11.4. The summed E-state index contributed by atoms with van der Waals surface area (Å²) in [6.07, 6.45) is 2.04. The summed E-state index contributed by atoms with van der Waals surface area (Å²) in [5.41, 5.74) is -3.37. The molecule has 0 radical (unpaired) electrons. The molecule has 1 saturated heterocycles. The average Bonchev–Trinajstić information content (AvgIpc) is 2.70. The standard InChI is InChI=1S/C23H40O8/c1-7-8-9-10-11-16(24)12-13-17(25)30-20-14(2)18(26)23(6,29)19(27)15(3)21(28)31-22(20,4)5/h12-16,18-20,24,26-27,29H,7-11H2,1-6H3/b13-12+/t14-,15+,16-,18-,19+,20+,23+/m0/s1. The van der Waals surface area contributed by atoms with Crippen LogP contribution in [0.25, 0.3) is 0 Å². The van der Waals surface area contributed by atoms with Gasteiger partial charge >= 0.3 is 11.9 Å². The molecular formula is C23H40O8. The Balaban J connectivity index is 3.00. The topological polar surface area (TPSA) is 134 Å². The molecule has 0 aromatic heterocycles. The molecule has 180 valence electrons. The van der Waals surface area contributed by atoms with E-state index < -0.39 is 59.4 Å². The van der Waals surface area contributed by atoms with E-state index in [0.29, 0.717) is 6.42 Å². The van der Waals surface area contributed by atoms with E-state index in [1.54, 1.807) is 6.92 Å². The molecule has 0 saturated carbocycles. The maximum absolute atomic E-state index is 12.5. The van der Waals surface area contributed by atoms with Crippen LogP contribution in [0.3, 0.4) is 0 Å². The van der Waals surface area contributed by atoms with Gasteiger partial charge in [-0.25, -0.2) is 4.79 Å². The van der Waals surface area contributed by atoms with Gasteiger partial charge in [0.15, 0.2) is 0 Å². The number of esters is 2. The fourth-order valence-corrected chi connectivity index (χ4v) is 4.03. The van der Waals surface area contributed by atoms with Crippen molar-refractivity contribution in [2.45, 2.75) is 109 Å². The van der Waals surface area contributed by atoms with Crippen LogP contribution in [-0.2, 0) is 19.1 Å². The van der Waals surface area contributed by atoms with E-state index in [-0.39, 0.29) is 0 Å². The minimum Gasteiger partial charge on any atom is -0.455 e. The zero-order chi connectivity index (χ0) is 24.0. The summed E-state index contributed by atoms with van der Waals surface area (Å²) < 4.78 is 11.0. The summed E-state index contributed by atoms with van der Waals surface area (Å²) in [6, 6.07) is 0. The lowest BCUT2D eigenvalue weighted by atomic mass is 9.77. The minimum absolute atomic E-state index is 0.532. The lowest BCUT2D eigenvalue weighted by Crippen LogP contribution is -2.58. The molecule has 0 bridgehead atoms. The molecule has 1 aliphatic heterocycles. The first-order valence-electron chi connectivity index (χ1n) is 11.1. The van der Waals surface area contributed by atoms with Crippen molar-refractivity contribution in [3.63, 3.8) is 0 Å². The number of ether oxygens (including phenoxy) is 2. The molecule has 1 rings (SSSR count). The average molecular weight is 445 g/mol. The highest BCUT2D eigenvalue weighted by Crippen LogP contribution is 2.36. The van der Waals surface area contributed by atoms with Crippen LogP contribution in [0.4, 0.5) is 0 Å². The van der Waals surface area contributed by atoms with E-state index in [1.165, 1.54) is 33.8 Å². The van der Waals surface area contributed by atoms with Crippen molar-refractivity contribution in [1.29, 1.82) is 0 Å². The Bertz CT molecular complexity index is 627. The molecule has 0 aromatic carbocycles. The quantitative estimate of drug-likeness (QED) is 0.253. The van der Waals surface area contributed by atoms with Gasteiger partial charge in [0.05, 0.1) is 24.2 Å². The molecule has 1 aliphatic rings. The number of unbranched alkanes of at least 4 members (excludes halogenated alkanes) is 3. The van der Waals surface area contributed by atoms with Crippen molar-refractivity contribution in [2.24, 2.45) is 11.8 Å². The Kier molecular flexibility index (Phi) is 10.1. The molecule has 0 amide bonds. The molecule has 0 unspecified atom stereocenters. The highest BCUT2D eigenvalue weighted by molar-refractivity contribution is 5.82. The van der Waals surface area contributed by atoms with Crippen molar-refractivity contribution >= 4 is 11.9 Å². The Morgan fingerprint density at radius 3 is 2.35 bits per heavy atom. The number of cyclic esters (lactones) is 1. The van der Waals surface area contributed by atoms with Crippen LogP contribution >= 0.6 is 0 Å². The lowest BCUT2D eigenvalue weighted by molar-refractivity contribution is -0.192. The minimum atomic E-state index is -2.03. The van der Waals surface area contributed by atoms with Gasteiger partial charge in [-0.1, -0.05) is 39.5 Å². The maximum atomic E-state index is 12.5. The van der Waals surface area contributed by atoms with Gasteiger partial charge < -0.3 is 29.9 Å². The van der Waals surface area contributed by atoms with Crippen LogP contribution in [0.1, 0.15) is 73.6 Å². The van der Waals surface area contributed by atoms with Crippen molar-refractivity contribution in [3.05, 3.63) is 12.2 Å². The van der Waals surface area contributed by atoms with E-state index in [4.69, 9.17) is 9.47 Å². The van der Waals surface area contributed by atoms with E-state index in [1.807, 2.05) is 0 Å². The van der Waals surface area contributed by atoms with Crippen LogP contribution in [-0.4, -0.2) is 68.0 Å². The van der Waals surface area contributed by atoms with Crippen LogP contribution in [0.5, 0.6) is 0 Å². The molecule has 8 nitrogen and oxygen atoms in total. The van der Waals surface area contributed by atoms with E-state index in [0.717, 1.165) is 31.8 Å². The Hall–Kier alpha value is -1.48. The third kappa shape index (κ3) is 7.27. The van der Waals surface area contributed by atoms with E-state index in [2.05, 4.69) is 6.92 Å². The van der Waals surface area contributed by atoms with Gasteiger partial charge in [-0.15, -0.1) is 0 Å². The predicted octanol–water partition coefficient (Wildman–Crippen LogP) is 1.87. The third-order valence-electron chi connectivity index (χ3n) is 6.12. The summed E-state index contributed by atoms with van der Waals surface area (Å²) in [5, 5.41) is 41.9. The second-order valence-corrected chi connectivity index (χ2v) is 9.42. The van der Waals surface area contributed by atoms with Gasteiger partial charge in [-0.2, -0.15) is 0 Å². The number of aliphatic hydroxyl groups excluding tert-OH is 3. The molecular weight excluding hydrogens is 404 g/mol. The molecule has 0 spiro atoms. The number of carbonyl (C=O) groups is 2. The van der Waals surface area contributed by atoms with E-state index >= 15 is 0 Å². The summed E-state index contributed by atoms with van der Waals surface area (Å²) in [6.45, 7) is 9.35. The predicted molar refractivity (Wildman–Crippen MR) is 115 cm³/mol. The fourth-order valence-electron chi connectivity index (χ4n) is 4.03. The fraction of sp³-hybridized carbons (Fsp3) is 0.826. The largest absolute Gasteiger partial charge is 0.455 e. The third-order valence-corrected chi connectivity index (χ3v) is 6.12. The Morgan fingerprint density at radius 2 is 1.77 bits per heavy atom. The molecule has 1 fully saturated rings. The zero-order valence-corrected chi connectivity index (χ0v) is 19.6. The highest BCUT2D eigenvalue weighted by Gasteiger charge is 2.53. The molecule has 8 heteroatoms. The number of hydrogen-bond donors (Lipinski definition) is 4. The zero-order valence-electron chi connectivity index (χ0n) is 19.6. The molecule has 0 aromatic rings. The first kappa shape index (κ1) is 27.6. The first-order chi connectivity index (χ1) is 14.3. The number of aliphatic hydroxyl groups is 4. The van der Waals surface area contributed by atoms with Crippen molar-refractivity contribution in [2.75, 3.05) is 0 Å². The van der Waals surface area contributed by atoms with Crippen molar-refractivity contribution < 1.29 is 39.5 Å². The molecule has 7 atom stereocenters. The number of carbonyl (C=O) groups excluding carboxylic acids is 2. The second-order valence-electron chi connectivity index (χ2n) is 9.42.